The van der Waals surface area contributed by atoms with Gasteiger partial charge in [0, 0.05) is 6.04 Å². The minimum atomic E-state index is 0.452. The highest BCUT2D eigenvalue weighted by molar-refractivity contribution is 5.20. The fourth-order valence-electron chi connectivity index (χ4n) is 2.00. The molecule has 0 amide bonds. The predicted octanol–water partition coefficient (Wildman–Crippen LogP) is 2.34. The molecule has 0 radical (unpaired) electrons. The van der Waals surface area contributed by atoms with Gasteiger partial charge in [0.1, 0.15) is 29.7 Å². The molecule has 0 fully saturated rings. The molecule has 0 aliphatic heterocycles. The van der Waals surface area contributed by atoms with E-state index in [-0.39, 0.29) is 0 Å². The largest absolute Gasteiger partial charge is 0.462 e. The van der Waals surface area contributed by atoms with Crippen LogP contribution >= 0.6 is 0 Å². The fourth-order valence-corrected chi connectivity index (χ4v) is 2.00. The first-order valence-electron chi connectivity index (χ1n) is 6.65. The van der Waals surface area contributed by atoms with E-state index in [2.05, 4.69) is 42.2 Å². The van der Waals surface area contributed by atoms with Crippen LogP contribution in [0.2, 0.25) is 0 Å². The third-order valence-electron chi connectivity index (χ3n) is 3.01. The summed E-state index contributed by atoms with van der Waals surface area (Å²) in [7, 11) is 0. The maximum absolute atomic E-state index is 5.88. The lowest BCUT2D eigenvalue weighted by molar-refractivity contribution is 0.418. The molecule has 5 nitrogen and oxygen atoms in total. The number of nitrogens with one attached hydrogen (secondary N) is 1. The molecule has 0 atom stereocenters. The van der Waals surface area contributed by atoms with Crippen molar-refractivity contribution in [2.45, 2.75) is 53.8 Å². The molecular weight excluding hydrogens is 240 g/mol. The molecule has 0 aliphatic carbocycles. The summed E-state index contributed by atoms with van der Waals surface area (Å²) in [5.74, 6) is 3.63. The minimum Gasteiger partial charge on any atom is -0.462 e. The van der Waals surface area contributed by atoms with Gasteiger partial charge in [-0.25, -0.2) is 9.67 Å². The Kier molecular flexibility index (Phi) is 4.04. The van der Waals surface area contributed by atoms with Crippen molar-refractivity contribution >= 4 is 0 Å². The Bertz CT molecular complexity index is 554. The molecule has 0 saturated carbocycles. The predicted molar refractivity (Wildman–Crippen MR) is 74.0 cm³/mol. The average Bonchev–Trinajstić information content (AvgIpc) is 2.80. The van der Waals surface area contributed by atoms with Crippen molar-refractivity contribution < 1.29 is 4.42 Å². The second kappa shape index (κ2) is 5.57. The summed E-state index contributed by atoms with van der Waals surface area (Å²) in [6.07, 6.45) is 0. The van der Waals surface area contributed by atoms with Gasteiger partial charge in [-0.3, -0.25) is 0 Å². The van der Waals surface area contributed by atoms with E-state index >= 15 is 0 Å². The lowest BCUT2D eigenvalue weighted by Gasteiger charge is -2.06. The summed E-state index contributed by atoms with van der Waals surface area (Å²) in [5, 5.41) is 7.72. The quantitative estimate of drug-likeness (QED) is 0.898. The fraction of sp³-hybridized carbons (Fsp3) is 0.571. The Morgan fingerprint density at radius 1 is 1.32 bits per heavy atom. The van der Waals surface area contributed by atoms with Crippen molar-refractivity contribution in [1.29, 1.82) is 0 Å². The number of furan rings is 1. The molecule has 2 aromatic heterocycles. The van der Waals surface area contributed by atoms with Crippen LogP contribution in [0.1, 0.15) is 42.6 Å². The maximum atomic E-state index is 5.88. The molecule has 2 heterocycles. The number of nitrogens with zero attached hydrogens (tertiary/aromatic N) is 3. The van der Waals surface area contributed by atoms with Crippen molar-refractivity contribution in [3.05, 3.63) is 34.8 Å². The number of hydrogen-bond acceptors (Lipinski definition) is 4. The van der Waals surface area contributed by atoms with Crippen molar-refractivity contribution in [1.82, 2.24) is 20.1 Å². The lowest BCUT2D eigenvalue weighted by Crippen LogP contribution is -2.21. The van der Waals surface area contributed by atoms with E-state index in [1.807, 2.05) is 18.5 Å². The molecule has 2 rings (SSSR count). The molecule has 0 spiro atoms. The Labute approximate surface area is 114 Å². The summed E-state index contributed by atoms with van der Waals surface area (Å²) < 4.78 is 7.75. The number of rotatable bonds is 5. The van der Waals surface area contributed by atoms with E-state index in [9.17, 15) is 0 Å². The number of aromatic nitrogens is 3. The van der Waals surface area contributed by atoms with Gasteiger partial charge in [-0.15, -0.1) is 0 Å². The molecule has 5 heteroatoms. The van der Waals surface area contributed by atoms with E-state index in [1.54, 1.807) is 0 Å². The van der Waals surface area contributed by atoms with Crippen molar-refractivity contribution in [2.24, 2.45) is 0 Å². The zero-order valence-electron chi connectivity index (χ0n) is 12.3. The van der Waals surface area contributed by atoms with E-state index in [0.717, 1.165) is 29.7 Å². The molecular formula is C14H22N4O. The molecule has 2 aromatic rings. The van der Waals surface area contributed by atoms with Crippen LogP contribution in [-0.2, 0) is 13.1 Å². The highest BCUT2D eigenvalue weighted by atomic mass is 16.3. The van der Waals surface area contributed by atoms with Gasteiger partial charge in [0.25, 0.3) is 0 Å². The monoisotopic (exact) mass is 262 g/mol. The summed E-state index contributed by atoms with van der Waals surface area (Å²) in [6.45, 7) is 11.6. The standard InChI is InChI=1S/C14H22N4O/c1-9(2)15-7-14-10(3)6-13(19-14)8-18-12(5)16-11(4)17-18/h6,9,15H,7-8H2,1-5H3. The third kappa shape index (κ3) is 3.44. The van der Waals surface area contributed by atoms with Crippen LogP contribution < -0.4 is 5.32 Å². The highest BCUT2D eigenvalue weighted by Gasteiger charge is 2.10. The van der Waals surface area contributed by atoms with E-state index in [4.69, 9.17) is 4.42 Å². The Hall–Kier alpha value is -1.62. The number of hydrogen-bond donors (Lipinski definition) is 1. The van der Waals surface area contributed by atoms with Gasteiger partial charge in [0.15, 0.2) is 0 Å². The zero-order valence-corrected chi connectivity index (χ0v) is 12.3. The van der Waals surface area contributed by atoms with E-state index < -0.39 is 0 Å². The number of aryl methyl sites for hydroxylation is 3. The van der Waals surface area contributed by atoms with Crippen LogP contribution in [0.4, 0.5) is 0 Å². The maximum Gasteiger partial charge on any atom is 0.147 e. The van der Waals surface area contributed by atoms with Crippen LogP contribution in [0.25, 0.3) is 0 Å². The molecule has 1 N–H and O–H groups in total. The molecule has 0 saturated heterocycles. The highest BCUT2D eigenvalue weighted by Crippen LogP contribution is 2.16. The van der Waals surface area contributed by atoms with Crippen LogP contribution in [-0.4, -0.2) is 20.8 Å². The van der Waals surface area contributed by atoms with Gasteiger partial charge in [0.2, 0.25) is 0 Å². The Balaban J connectivity index is 2.09. The Morgan fingerprint density at radius 2 is 2.05 bits per heavy atom. The molecule has 104 valence electrons. The van der Waals surface area contributed by atoms with Gasteiger partial charge in [0.05, 0.1) is 6.54 Å². The van der Waals surface area contributed by atoms with E-state index in [0.29, 0.717) is 12.6 Å². The van der Waals surface area contributed by atoms with Crippen LogP contribution in [0.15, 0.2) is 10.5 Å². The third-order valence-corrected chi connectivity index (χ3v) is 3.01. The van der Waals surface area contributed by atoms with Crippen LogP contribution in [0, 0.1) is 20.8 Å². The summed E-state index contributed by atoms with van der Waals surface area (Å²) in [6, 6.07) is 2.53. The van der Waals surface area contributed by atoms with Crippen LogP contribution in [0.3, 0.4) is 0 Å². The first kappa shape index (κ1) is 13.8. The summed E-state index contributed by atoms with van der Waals surface area (Å²) in [5.41, 5.74) is 1.18. The second-order valence-corrected chi connectivity index (χ2v) is 5.22. The smallest absolute Gasteiger partial charge is 0.147 e. The summed E-state index contributed by atoms with van der Waals surface area (Å²) in [4.78, 5) is 4.29. The topological polar surface area (TPSA) is 55.9 Å². The van der Waals surface area contributed by atoms with Crippen molar-refractivity contribution in [2.75, 3.05) is 0 Å². The Morgan fingerprint density at radius 3 is 2.63 bits per heavy atom. The average molecular weight is 262 g/mol. The summed E-state index contributed by atoms with van der Waals surface area (Å²) >= 11 is 0. The molecule has 0 bridgehead atoms. The van der Waals surface area contributed by atoms with Gasteiger partial charge in [-0.1, -0.05) is 13.8 Å². The van der Waals surface area contributed by atoms with Gasteiger partial charge >= 0.3 is 0 Å². The molecule has 0 aromatic carbocycles. The minimum absolute atomic E-state index is 0.452. The molecule has 19 heavy (non-hydrogen) atoms. The van der Waals surface area contributed by atoms with Crippen molar-refractivity contribution in [3.63, 3.8) is 0 Å². The lowest BCUT2D eigenvalue weighted by atomic mass is 10.2. The van der Waals surface area contributed by atoms with Gasteiger partial charge < -0.3 is 9.73 Å². The SMILES string of the molecule is Cc1nc(C)n(Cc2cc(C)c(CNC(C)C)o2)n1. The van der Waals surface area contributed by atoms with Crippen LogP contribution in [0.5, 0.6) is 0 Å². The second-order valence-electron chi connectivity index (χ2n) is 5.22. The van der Waals surface area contributed by atoms with Gasteiger partial charge in [-0.2, -0.15) is 5.10 Å². The van der Waals surface area contributed by atoms with E-state index in [1.165, 1.54) is 5.56 Å². The normalized spacial score (nSPS) is 11.5. The first-order valence-corrected chi connectivity index (χ1v) is 6.65. The molecule has 0 unspecified atom stereocenters. The van der Waals surface area contributed by atoms with Crippen molar-refractivity contribution in [3.8, 4) is 0 Å². The first-order chi connectivity index (χ1) is 8.95. The zero-order chi connectivity index (χ0) is 14.0. The van der Waals surface area contributed by atoms with Gasteiger partial charge in [-0.05, 0) is 32.4 Å². The molecule has 0 aliphatic rings.